The highest BCUT2D eigenvalue weighted by Crippen LogP contribution is 2.34. The molecule has 7 heteroatoms. The molecule has 0 aliphatic heterocycles. The summed E-state index contributed by atoms with van der Waals surface area (Å²) in [6.07, 6.45) is 0.743. The van der Waals surface area contributed by atoms with Crippen LogP contribution in [0.15, 0.2) is 17.1 Å². The Labute approximate surface area is 168 Å². The van der Waals surface area contributed by atoms with Gasteiger partial charge in [0.25, 0.3) is 0 Å². The van der Waals surface area contributed by atoms with Gasteiger partial charge < -0.3 is 24.8 Å². The quantitative estimate of drug-likeness (QED) is 0.351. The van der Waals surface area contributed by atoms with Crippen molar-refractivity contribution in [2.24, 2.45) is 10.9 Å². The van der Waals surface area contributed by atoms with E-state index in [1.807, 2.05) is 12.1 Å². The fraction of sp³-hybridized carbons (Fsp3) is 0.611. The van der Waals surface area contributed by atoms with E-state index < -0.39 is 0 Å². The molecule has 1 atom stereocenters. The molecule has 0 aliphatic rings. The maximum Gasteiger partial charge on any atom is 0.191 e. The lowest BCUT2D eigenvalue weighted by Gasteiger charge is -2.21. The third kappa shape index (κ3) is 7.17. The zero-order valence-corrected chi connectivity index (χ0v) is 18.6. The van der Waals surface area contributed by atoms with Gasteiger partial charge in [0.1, 0.15) is 17.2 Å². The molecule has 6 nitrogen and oxygen atoms in total. The van der Waals surface area contributed by atoms with Crippen molar-refractivity contribution in [1.29, 1.82) is 0 Å². The second-order valence-corrected chi connectivity index (χ2v) is 5.94. The number of benzene rings is 1. The van der Waals surface area contributed by atoms with Gasteiger partial charge in [0, 0.05) is 37.3 Å². The van der Waals surface area contributed by atoms with E-state index in [1.54, 1.807) is 28.4 Å². The molecule has 2 N–H and O–H groups in total. The fourth-order valence-electron chi connectivity index (χ4n) is 2.21. The maximum atomic E-state index is 5.48. The maximum absolute atomic E-state index is 5.48. The molecule has 0 amide bonds. The molecule has 0 spiro atoms. The number of guanidine groups is 1. The Hall–Kier alpha value is -1.38. The summed E-state index contributed by atoms with van der Waals surface area (Å²) in [6, 6.07) is 4.08. The van der Waals surface area contributed by atoms with E-state index >= 15 is 0 Å². The van der Waals surface area contributed by atoms with Gasteiger partial charge in [0.2, 0.25) is 0 Å². The largest absolute Gasteiger partial charge is 0.496 e. The summed E-state index contributed by atoms with van der Waals surface area (Å²) in [6.45, 7) is 7.21. The van der Waals surface area contributed by atoms with Crippen molar-refractivity contribution in [3.8, 4) is 17.2 Å². The smallest absolute Gasteiger partial charge is 0.191 e. The minimum atomic E-state index is 0. The first-order chi connectivity index (χ1) is 11.5. The molecule has 0 aromatic heterocycles. The van der Waals surface area contributed by atoms with E-state index in [0.717, 1.165) is 29.4 Å². The molecule has 1 aromatic rings. The van der Waals surface area contributed by atoms with E-state index in [2.05, 4.69) is 36.4 Å². The standard InChI is InChI=1S/C18H31N3O3.HI/c1-12(2)13(3)21-18(19-4)20-9-8-15-16(23-6)10-14(22-5)11-17(15)24-7;/h10-13H,8-9H2,1-7H3,(H2,19,20,21);1H. The number of nitrogens with zero attached hydrogens (tertiary/aromatic N) is 1. The lowest BCUT2D eigenvalue weighted by molar-refractivity contribution is 0.368. The molecule has 1 aromatic carbocycles. The summed E-state index contributed by atoms with van der Waals surface area (Å²) in [5.41, 5.74) is 1.00. The number of methoxy groups -OCH3 is 3. The van der Waals surface area contributed by atoms with Gasteiger partial charge in [0.05, 0.1) is 21.3 Å². The normalized spacial score (nSPS) is 12.2. The van der Waals surface area contributed by atoms with Crippen molar-refractivity contribution in [3.63, 3.8) is 0 Å². The fourth-order valence-corrected chi connectivity index (χ4v) is 2.21. The van der Waals surface area contributed by atoms with Crippen LogP contribution >= 0.6 is 24.0 Å². The van der Waals surface area contributed by atoms with Crippen LogP contribution in [0, 0.1) is 5.92 Å². The molecular weight excluding hydrogens is 433 g/mol. The minimum absolute atomic E-state index is 0. The molecule has 0 radical (unpaired) electrons. The van der Waals surface area contributed by atoms with Gasteiger partial charge in [-0.05, 0) is 19.3 Å². The lowest BCUT2D eigenvalue weighted by Crippen LogP contribution is -2.44. The third-order valence-electron chi connectivity index (χ3n) is 4.07. The lowest BCUT2D eigenvalue weighted by atomic mass is 10.1. The van der Waals surface area contributed by atoms with Crippen molar-refractivity contribution >= 4 is 29.9 Å². The van der Waals surface area contributed by atoms with Crippen LogP contribution in [0.1, 0.15) is 26.3 Å². The Morgan fingerprint density at radius 3 is 2.00 bits per heavy atom. The van der Waals surface area contributed by atoms with Crippen LogP contribution < -0.4 is 24.8 Å². The number of aliphatic imine (C=N–C) groups is 1. The van der Waals surface area contributed by atoms with Gasteiger partial charge in [-0.2, -0.15) is 0 Å². The van der Waals surface area contributed by atoms with E-state index in [-0.39, 0.29) is 24.0 Å². The number of hydrogen-bond acceptors (Lipinski definition) is 4. The Kier molecular flexibility index (Phi) is 11.4. The van der Waals surface area contributed by atoms with E-state index in [4.69, 9.17) is 14.2 Å². The molecule has 0 bridgehead atoms. The Morgan fingerprint density at radius 2 is 1.60 bits per heavy atom. The Bertz CT molecular complexity index is 525. The second kappa shape index (κ2) is 12.1. The molecule has 0 fully saturated rings. The van der Waals surface area contributed by atoms with Crippen LogP contribution in [0.5, 0.6) is 17.2 Å². The van der Waals surface area contributed by atoms with Crippen LogP contribution in [0.25, 0.3) is 0 Å². The molecule has 144 valence electrons. The summed E-state index contributed by atoms with van der Waals surface area (Å²) in [5, 5.41) is 6.72. The number of rotatable bonds is 8. The molecule has 1 rings (SSSR count). The van der Waals surface area contributed by atoms with Crippen molar-refractivity contribution in [3.05, 3.63) is 17.7 Å². The molecule has 25 heavy (non-hydrogen) atoms. The van der Waals surface area contributed by atoms with Gasteiger partial charge in [-0.3, -0.25) is 4.99 Å². The van der Waals surface area contributed by atoms with Gasteiger partial charge in [0.15, 0.2) is 5.96 Å². The third-order valence-corrected chi connectivity index (χ3v) is 4.07. The average molecular weight is 465 g/mol. The van der Waals surface area contributed by atoms with Crippen molar-refractivity contribution < 1.29 is 14.2 Å². The number of halogens is 1. The van der Waals surface area contributed by atoms with E-state index in [0.29, 0.717) is 24.3 Å². The predicted octanol–water partition coefficient (Wildman–Crippen LogP) is 3.08. The predicted molar refractivity (Wildman–Crippen MR) is 114 cm³/mol. The summed E-state index contributed by atoms with van der Waals surface area (Å²) >= 11 is 0. The summed E-state index contributed by atoms with van der Waals surface area (Å²) in [4.78, 5) is 4.27. The highest BCUT2D eigenvalue weighted by molar-refractivity contribution is 14.0. The van der Waals surface area contributed by atoms with Crippen molar-refractivity contribution in [1.82, 2.24) is 10.6 Å². The van der Waals surface area contributed by atoms with Crippen LogP contribution in [-0.4, -0.2) is 46.9 Å². The van der Waals surface area contributed by atoms with Crippen LogP contribution in [0.4, 0.5) is 0 Å². The average Bonchev–Trinajstić information content (AvgIpc) is 2.59. The zero-order valence-electron chi connectivity index (χ0n) is 16.3. The highest BCUT2D eigenvalue weighted by Gasteiger charge is 2.14. The first-order valence-electron chi connectivity index (χ1n) is 8.22. The van der Waals surface area contributed by atoms with Gasteiger partial charge in [-0.15, -0.1) is 24.0 Å². The molecule has 0 saturated carbocycles. The number of hydrogen-bond donors (Lipinski definition) is 2. The van der Waals surface area contributed by atoms with E-state index in [1.165, 1.54) is 0 Å². The molecule has 0 heterocycles. The first-order valence-corrected chi connectivity index (χ1v) is 8.22. The highest BCUT2D eigenvalue weighted by atomic mass is 127. The summed E-state index contributed by atoms with van der Waals surface area (Å²) in [7, 11) is 6.70. The topological polar surface area (TPSA) is 64.1 Å². The van der Waals surface area contributed by atoms with Gasteiger partial charge in [-0.25, -0.2) is 0 Å². The molecule has 0 saturated heterocycles. The van der Waals surface area contributed by atoms with Crippen molar-refractivity contribution in [2.45, 2.75) is 33.2 Å². The van der Waals surface area contributed by atoms with Gasteiger partial charge in [-0.1, -0.05) is 13.8 Å². The SMILES string of the molecule is CN=C(NCCc1c(OC)cc(OC)cc1OC)NC(C)C(C)C.I. The monoisotopic (exact) mass is 465 g/mol. The van der Waals surface area contributed by atoms with Gasteiger partial charge >= 0.3 is 0 Å². The Morgan fingerprint density at radius 1 is 1.04 bits per heavy atom. The van der Waals surface area contributed by atoms with Crippen LogP contribution in [0.3, 0.4) is 0 Å². The second-order valence-electron chi connectivity index (χ2n) is 5.94. The summed E-state index contributed by atoms with van der Waals surface area (Å²) < 4.78 is 16.2. The first kappa shape index (κ1) is 23.6. The molecule has 0 aliphatic carbocycles. The number of ether oxygens (including phenoxy) is 3. The zero-order chi connectivity index (χ0) is 18.1. The number of nitrogens with one attached hydrogen (secondary N) is 2. The van der Waals surface area contributed by atoms with E-state index in [9.17, 15) is 0 Å². The van der Waals surface area contributed by atoms with Crippen LogP contribution in [0.2, 0.25) is 0 Å². The minimum Gasteiger partial charge on any atom is -0.496 e. The summed E-state index contributed by atoms with van der Waals surface area (Å²) in [5.74, 6) is 3.55. The molecular formula is C18H32IN3O3. The van der Waals surface area contributed by atoms with Crippen LogP contribution in [-0.2, 0) is 6.42 Å². The van der Waals surface area contributed by atoms with Crippen molar-refractivity contribution in [2.75, 3.05) is 34.9 Å². The Balaban J connectivity index is 0.00000576. The molecule has 1 unspecified atom stereocenters.